The van der Waals surface area contributed by atoms with E-state index in [1.165, 1.54) is 0 Å². The van der Waals surface area contributed by atoms with E-state index in [1.54, 1.807) is 25.1 Å². The Morgan fingerprint density at radius 3 is 2.94 bits per heavy atom. The summed E-state index contributed by atoms with van der Waals surface area (Å²) >= 11 is 0. The first-order valence-corrected chi connectivity index (χ1v) is 5.50. The van der Waals surface area contributed by atoms with E-state index in [1.807, 2.05) is 19.1 Å². The van der Waals surface area contributed by atoms with E-state index in [2.05, 4.69) is 6.07 Å². The molecule has 0 heterocycles. The lowest BCUT2D eigenvalue weighted by Crippen LogP contribution is -2.01. The summed E-state index contributed by atoms with van der Waals surface area (Å²) in [4.78, 5) is 11.1. The fraction of sp³-hybridized carbons (Fsp3) is 0.286. The molecule has 0 saturated heterocycles. The standard InChI is InChI=1S/C14H15NO2/c1-3-17-14(16)6-4-5-12-9-11(2)7-8-13(12)10-15/h4-5,7-9H,3,6H2,1-2H3. The van der Waals surface area contributed by atoms with Crippen LogP contribution in [0, 0.1) is 18.3 Å². The van der Waals surface area contributed by atoms with E-state index in [-0.39, 0.29) is 12.4 Å². The number of carbonyl (C=O) groups is 1. The Kier molecular flexibility index (Phi) is 4.96. The lowest BCUT2D eigenvalue weighted by Gasteiger charge is -2.00. The second kappa shape index (κ2) is 6.49. The molecule has 1 aromatic rings. The number of hydrogen-bond donors (Lipinski definition) is 0. The minimum atomic E-state index is -0.255. The highest BCUT2D eigenvalue weighted by atomic mass is 16.5. The van der Waals surface area contributed by atoms with Crippen molar-refractivity contribution in [2.75, 3.05) is 6.61 Å². The van der Waals surface area contributed by atoms with Crippen LogP contribution in [0.4, 0.5) is 0 Å². The van der Waals surface area contributed by atoms with Gasteiger partial charge in [-0.1, -0.05) is 29.8 Å². The quantitative estimate of drug-likeness (QED) is 0.746. The van der Waals surface area contributed by atoms with Crippen LogP contribution in [0.1, 0.15) is 30.0 Å². The van der Waals surface area contributed by atoms with Crippen LogP contribution in [0.5, 0.6) is 0 Å². The summed E-state index contributed by atoms with van der Waals surface area (Å²) in [6, 6.07) is 7.70. The molecule has 0 aromatic heterocycles. The monoisotopic (exact) mass is 229 g/mol. The first-order valence-electron chi connectivity index (χ1n) is 5.50. The first-order chi connectivity index (χ1) is 8.17. The minimum Gasteiger partial charge on any atom is -0.466 e. The fourth-order valence-electron chi connectivity index (χ4n) is 1.42. The molecule has 0 radical (unpaired) electrons. The van der Waals surface area contributed by atoms with Gasteiger partial charge in [0.15, 0.2) is 0 Å². The van der Waals surface area contributed by atoms with Crippen molar-refractivity contribution in [1.82, 2.24) is 0 Å². The number of nitrogens with zero attached hydrogens (tertiary/aromatic N) is 1. The number of carbonyl (C=O) groups excluding carboxylic acids is 1. The average Bonchev–Trinajstić information content (AvgIpc) is 2.30. The van der Waals surface area contributed by atoms with Crippen LogP contribution in [0.15, 0.2) is 24.3 Å². The molecule has 1 rings (SSSR count). The highest BCUT2D eigenvalue weighted by Gasteiger charge is 2.00. The number of benzene rings is 1. The molecule has 0 unspecified atom stereocenters. The molecule has 0 atom stereocenters. The Hall–Kier alpha value is -2.08. The van der Waals surface area contributed by atoms with Gasteiger partial charge in [0.05, 0.1) is 24.7 Å². The van der Waals surface area contributed by atoms with Gasteiger partial charge in [-0.25, -0.2) is 0 Å². The molecule has 0 fully saturated rings. The Morgan fingerprint density at radius 2 is 2.29 bits per heavy atom. The highest BCUT2D eigenvalue weighted by Crippen LogP contribution is 2.13. The molecule has 0 aliphatic heterocycles. The molecule has 3 nitrogen and oxygen atoms in total. The molecule has 88 valence electrons. The molecule has 0 spiro atoms. The summed E-state index contributed by atoms with van der Waals surface area (Å²) in [6.45, 7) is 4.13. The summed E-state index contributed by atoms with van der Waals surface area (Å²) in [5.74, 6) is -0.255. The van der Waals surface area contributed by atoms with Gasteiger partial charge in [0.2, 0.25) is 0 Å². The molecular weight excluding hydrogens is 214 g/mol. The molecule has 0 aliphatic carbocycles. The topological polar surface area (TPSA) is 50.1 Å². The van der Waals surface area contributed by atoms with Gasteiger partial charge >= 0.3 is 5.97 Å². The third-order valence-corrected chi connectivity index (χ3v) is 2.21. The van der Waals surface area contributed by atoms with E-state index in [4.69, 9.17) is 10.00 Å². The van der Waals surface area contributed by atoms with Gasteiger partial charge in [-0.15, -0.1) is 0 Å². The predicted octanol–water partition coefficient (Wildman–Crippen LogP) is 2.83. The van der Waals surface area contributed by atoms with E-state index >= 15 is 0 Å². The van der Waals surface area contributed by atoms with Crippen molar-refractivity contribution in [3.63, 3.8) is 0 Å². The lowest BCUT2D eigenvalue weighted by atomic mass is 10.0. The summed E-state index contributed by atoms with van der Waals surface area (Å²) < 4.78 is 4.80. The van der Waals surface area contributed by atoms with Crippen molar-refractivity contribution in [2.24, 2.45) is 0 Å². The lowest BCUT2D eigenvalue weighted by molar-refractivity contribution is -0.142. The third kappa shape index (κ3) is 4.12. The van der Waals surface area contributed by atoms with Gasteiger partial charge in [-0.2, -0.15) is 5.26 Å². The second-order valence-corrected chi connectivity index (χ2v) is 3.61. The summed E-state index contributed by atoms with van der Waals surface area (Å²) in [5.41, 5.74) is 2.52. The smallest absolute Gasteiger partial charge is 0.309 e. The fourth-order valence-corrected chi connectivity index (χ4v) is 1.42. The molecule has 3 heteroatoms. The maximum Gasteiger partial charge on any atom is 0.309 e. The molecular formula is C14H15NO2. The van der Waals surface area contributed by atoms with Gasteiger partial charge in [-0.3, -0.25) is 4.79 Å². The summed E-state index contributed by atoms with van der Waals surface area (Å²) in [5, 5.41) is 8.93. The van der Waals surface area contributed by atoms with Crippen LogP contribution in [0.2, 0.25) is 0 Å². The SMILES string of the molecule is CCOC(=O)CC=Cc1cc(C)ccc1C#N. The Morgan fingerprint density at radius 1 is 1.53 bits per heavy atom. The molecule has 0 bridgehead atoms. The van der Waals surface area contributed by atoms with E-state index in [0.717, 1.165) is 11.1 Å². The van der Waals surface area contributed by atoms with E-state index in [9.17, 15) is 4.79 Å². The zero-order valence-electron chi connectivity index (χ0n) is 10.1. The number of aryl methyl sites for hydroxylation is 1. The molecule has 0 aliphatic rings. The third-order valence-electron chi connectivity index (χ3n) is 2.21. The van der Waals surface area contributed by atoms with Crippen LogP contribution >= 0.6 is 0 Å². The average molecular weight is 229 g/mol. The largest absolute Gasteiger partial charge is 0.466 e. The van der Waals surface area contributed by atoms with Gasteiger partial charge in [0.25, 0.3) is 0 Å². The van der Waals surface area contributed by atoms with Gasteiger partial charge in [0.1, 0.15) is 0 Å². The molecule has 0 N–H and O–H groups in total. The first kappa shape index (κ1) is 13.0. The van der Waals surface area contributed by atoms with Gasteiger partial charge in [-0.05, 0) is 25.5 Å². The molecule has 0 saturated carbocycles. The van der Waals surface area contributed by atoms with Crippen LogP contribution in [-0.4, -0.2) is 12.6 Å². The van der Waals surface area contributed by atoms with Crippen molar-refractivity contribution >= 4 is 12.0 Å². The Labute approximate surface area is 101 Å². The number of esters is 1. The highest BCUT2D eigenvalue weighted by molar-refractivity contribution is 5.73. The maximum atomic E-state index is 11.1. The number of rotatable bonds is 4. The van der Waals surface area contributed by atoms with Crippen LogP contribution in [0.25, 0.3) is 6.08 Å². The van der Waals surface area contributed by atoms with E-state index in [0.29, 0.717) is 12.2 Å². The Balaban J connectivity index is 2.74. The van der Waals surface area contributed by atoms with Crippen molar-refractivity contribution < 1.29 is 9.53 Å². The predicted molar refractivity (Wildman–Crippen MR) is 66.2 cm³/mol. The van der Waals surface area contributed by atoms with Crippen molar-refractivity contribution in [2.45, 2.75) is 20.3 Å². The van der Waals surface area contributed by atoms with Crippen LogP contribution < -0.4 is 0 Å². The minimum absolute atomic E-state index is 0.229. The zero-order chi connectivity index (χ0) is 12.7. The second-order valence-electron chi connectivity index (χ2n) is 3.61. The molecule has 17 heavy (non-hydrogen) atoms. The number of nitriles is 1. The normalized spacial score (nSPS) is 10.2. The molecule has 0 amide bonds. The number of ether oxygens (including phenoxy) is 1. The summed E-state index contributed by atoms with van der Waals surface area (Å²) in [7, 11) is 0. The van der Waals surface area contributed by atoms with Crippen molar-refractivity contribution in [3.8, 4) is 6.07 Å². The maximum absolute atomic E-state index is 11.1. The number of hydrogen-bond acceptors (Lipinski definition) is 3. The Bertz CT molecular complexity index is 470. The van der Waals surface area contributed by atoms with Crippen molar-refractivity contribution in [3.05, 3.63) is 41.0 Å². The van der Waals surface area contributed by atoms with E-state index < -0.39 is 0 Å². The van der Waals surface area contributed by atoms with Crippen LogP contribution in [-0.2, 0) is 9.53 Å². The molecule has 1 aromatic carbocycles. The van der Waals surface area contributed by atoms with Crippen molar-refractivity contribution in [1.29, 1.82) is 5.26 Å². The van der Waals surface area contributed by atoms with Crippen LogP contribution in [0.3, 0.4) is 0 Å². The van der Waals surface area contributed by atoms with Gasteiger partial charge < -0.3 is 4.74 Å². The van der Waals surface area contributed by atoms with Gasteiger partial charge in [0, 0.05) is 0 Å². The summed E-state index contributed by atoms with van der Waals surface area (Å²) in [6.07, 6.45) is 3.72. The zero-order valence-corrected chi connectivity index (χ0v) is 10.1.